The molecule has 9 heavy (non-hydrogen) atoms. The molecule has 2 N–H and O–H groups in total. The molecule has 0 unspecified atom stereocenters. The summed E-state index contributed by atoms with van der Waals surface area (Å²) < 4.78 is 0. The first-order valence-corrected chi connectivity index (χ1v) is 2.10. The van der Waals surface area contributed by atoms with Gasteiger partial charge < -0.3 is 10.4 Å². The quantitative estimate of drug-likeness (QED) is 0.234. The molecule has 0 atom stereocenters. The molecular formula is C4H9N2NaO2. The summed E-state index contributed by atoms with van der Waals surface area (Å²) in [5.74, 6) is 0. The van der Waals surface area contributed by atoms with Crippen LogP contribution in [0.5, 0.6) is 0 Å². The molecule has 0 saturated carbocycles. The fourth-order valence-electron chi connectivity index (χ4n) is 0.145. The van der Waals surface area contributed by atoms with E-state index in [4.69, 9.17) is 10.4 Å². The van der Waals surface area contributed by atoms with Crippen molar-refractivity contribution in [2.45, 2.75) is 13.8 Å². The predicted molar refractivity (Wildman–Crippen MR) is 36.9 cm³/mol. The summed E-state index contributed by atoms with van der Waals surface area (Å²) >= 11 is 0. The Bertz CT molecular complexity index is 117. The number of rotatable bonds is 1. The molecule has 0 fully saturated rings. The van der Waals surface area contributed by atoms with Crippen molar-refractivity contribution in [2.24, 2.45) is 10.3 Å². The van der Waals surface area contributed by atoms with E-state index in [9.17, 15) is 0 Å². The average Bonchev–Trinajstić information content (AvgIpc) is 1.84. The van der Waals surface area contributed by atoms with Crippen LogP contribution in [0.1, 0.15) is 13.8 Å². The molecule has 0 aromatic carbocycles. The topological polar surface area (TPSA) is 65.2 Å². The Hall–Kier alpha value is -0.0600. The third kappa shape index (κ3) is 4.44. The molecule has 0 aliphatic rings. The monoisotopic (exact) mass is 140 g/mol. The second-order valence-electron chi connectivity index (χ2n) is 1.37. The van der Waals surface area contributed by atoms with Gasteiger partial charge in [0, 0.05) is 0 Å². The van der Waals surface area contributed by atoms with Gasteiger partial charge in [-0.15, -0.1) is 0 Å². The molecule has 48 valence electrons. The van der Waals surface area contributed by atoms with Crippen molar-refractivity contribution in [3.63, 3.8) is 0 Å². The molecule has 5 heteroatoms. The summed E-state index contributed by atoms with van der Waals surface area (Å²) in [4.78, 5) is 0. The van der Waals surface area contributed by atoms with E-state index in [-0.39, 0.29) is 29.6 Å². The number of nitrogens with zero attached hydrogens (tertiary/aromatic N) is 2. The van der Waals surface area contributed by atoms with Gasteiger partial charge in [-0.05, 0) is 13.8 Å². The Labute approximate surface area is 75.5 Å². The number of oxime groups is 2. The molecule has 0 saturated heterocycles. The molecule has 0 aromatic rings. The summed E-state index contributed by atoms with van der Waals surface area (Å²) in [5.41, 5.74) is 0.625. The van der Waals surface area contributed by atoms with Gasteiger partial charge in [0.05, 0.1) is 0 Å². The minimum atomic E-state index is 0. The van der Waals surface area contributed by atoms with Crippen LogP contribution in [0, 0.1) is 0 Å². The van der Waals surface area contributed by atoms with Crippen molar-refractivity contribution in [3.8, 4) is 0 Å². The van der Waals surface area contributed by atoms with Crippen LogP contribution in [0.4, 0.5) is 0 Å². The van der Waals surface area contributed by atoms with Gasteiger partial charge in [-0.2, -0.15) is 0 Å². The van der Waals surface area contributed by atoms with E-state index in [0.29, 0.717) is 11.4 Å². The summed E-state index contributed by atoms with van der Waals surface area (Å²) in [5, 5.41) is 21.6. The first kappa shape index (κ1) is 11.7. The third-order valence-electron chi connectivity index (χ3n) is 0.824. The van der Waals surface area contributed by atoms with Crippen LogP contribution in [0.2, 0.25) is 0 Å². The maximum atomic E-state index is 8.03. The van der Waals surface area contributed by atoms with Crippen LogP contribution >= 0.6 is 0 Å². The molecular weight excluding hydrogens is 131 g/mol. The van der Waals surface area contributed by atoms with Gasteiger partial charge in [0.2, 0.25) is 0 Å². The SMILES string of the molecule is CC(=N\O)/C(C)=N/O.[NaH]. The minimum absolute atomic E-state index is 0. The van der Waals surface area contributed by atoms with Crippen LogP contribution < -0.4 is 0 Å². The summed E-state index contributed by atoms with van der Waals surface area (Å²) in [6.07, 6.45) is 0. The Morgan fingerprint density at radius 3 is 1.33 bits per heavy atom. The summed E-state index contributed by atoms with van der Waals surface area (Å²) in [7, 11) is 0. The molecule has 0 aliphatic carbocycles. The van der Waals surface area contributed by atoms with E-state index >= 15 is 0 Å². The van der Waals surface area contributed by atoms with Crippen molar-refractivity contribution in [3.05, 3.63) is 0 Å². The Kier molecular flexibility index (Phi) is 7.89. The molecule has 4 nitrogen and oxygen atoms in total. The van der Waals surface area contributed by atoms with E-state index in [1.165, 1.54) is 13.8 Å². The van der Waals surface area contributed by atoms with Gasteiger partial charge in [-0.1, -0.05) is 10.3 Å². The van der Waals surface area contributed by atoms with Crippen LogP contribution in [0.25, 0.3) is 0 Å². The van der Waals surface area contributed by atoms with Gasteiger partial charge in [0.1, 0.15) is 11.4 Å². The van der Waals surface area contributed by atoms with Crippen molar-refractivity contribution in [1.82, 2.24) is 0 Å². The first-order chi connectivity index (χ1) is 3.72. The molecule has 0 amide bonds. The van der Waals surface area contributed by atoms with Gasteiger partial charge >= 0.3 is 29.6 Å². The van der Waals surface area contributed by atoms with Gasteiger partial charge in [0.15, 0.2) is 0 Å². The summed E-state index contributed by atoms with van der Waals surface area (Å²) in [6, 6.07) is 0. The third-order valence-corrected chi connectivity index (χ3v) is 0.824. The number of hydrogen-bond donors (Lipinski definition) is 2. The normalized spacial score (nSPS) is 12.7. The Morgan fingerprint density at radius 1 is 1.00 bits per heavy atom. The summed E-state index contributed by atoms with van der Waals surface area (Å²) in [6.45, 7) is 3.07. The fraction of sp³-hybridized carbons (Fsp3) is 0.500. The average molecular weight is 140 g/mol. The standard InChI is InChI=1S/C4H8N2O2.Na.H/c1-3(5-7)4(2)6-8;;/h7-8H,1-2H3;;/b5-3+,6-4+;;. The molecule has 0 rings (SSSR count). The first-order valence-electron chi connectivity index (χ1n) is 2.10. The zero-order chi connectivity index (χ0) is 6.57. The van der Waals surface area contributed by atoms with Crippen molar-refractivity contribution in [2.75, 3.05) is 0 Å². The Balaban J connectivity index is 0. The van der Waals surface area contributed by atoms with Crippen LogP contribution in [0.15, 0.2) is 10.3 Å². The number of hydrogen-bond acceptors (Lipinski definition) is 4. The maximum absolute atomic E-state index is 8.03. The zero-order valence-electron chi connectivity index (χ0n) is 4.79. The van der Waals surface area contributed by atoms with E-state index in [2.05, 4.69) is 10.3 Å². The van der Waals surface area contributed by atoms with Gasteiger partial charge in [-0.25, -0.2) is 0 Å². The molecule has 0 heterocycles. The molecule has 0 aromatic heterocycles. The van der Waals surface area contributed by atoms with Crippen molar-refractivity contribution < 1.29 is 10.4 Å². The molecule has 0 bridgehead atoms. The molecule has 0 aliphatic heterocycles. The van der Waals surface area contributed by atoms with Crippen LogP contribution in [-0.2, 0) is 0 Å². The Morgan fingerprint density at radius 2 is 1.22 bits per heavy atom. The predicted octanol–water partition coefficient (Wildman–Crippen LogP) is 0.0381. The molecule has 0 radical (unpaired) electrons. The van der Waals surface area contributed by atoms with Crippen LogP contribution in [0.3, 0.4) is 0 Å². The van der Waals surface area contributed by atoms with Crippen LogP contribution in [-0.4, -0.2) is 51.4 Å². The van der Waals surface area contributed by atoms with E-state index < -0.39 is 0 Å². The van der Waals surface area contributed by atoms with Gasteiger partial charge in [0.25, 0.3) is 0 Å². The second kappa shape index (κ2) is 6.07. The van der Waals surface area contributed by atoms with Gasteiger partial charge in [-0.3, -0.25) is 0 Å². The van der Waals surface area contributed by atoms with Crippen molar-refractivity contribution in [1.29, 1.82) is 0 Å². The van der Waals surface area contributed by atoms with Crippen molar-refractivity contribution >= 4 is 41.0 Å². The molecule has 0 spiro atoms. The zero-order valence-corrected chi connectivity index (χ0v) is 4.79. The van der Waals surface area contributed by atoms with E-state index in [1.54, 1.807) is 0 Å². The van der Waals surface area contributed by atoms with E-state index in [0.717, 1.165) is 0 Å². The second-order valence-corrected chi connectivity index (χ2v) is 1.37. The van der Waals surface area contributed by atoms with E-state index in [1.807, 2.05) is 0 Å². The fourth-order valence-corrected chi connectivity index (χ4v) is 0.145.